The zero-order valence-corrected chi connectivity index (χ0v) is 9.41. The topological polar surface area (TPSA) is 91.7 Å². The van der Waals surface area contributed by atoms with Crippen LogP contribution < -0.4 is 10.2 Å². The molecule has 0 fully saturated rings. The number of rotatable bonds is 0. The third-order valence-electron chi connectivity index (χ3n) is 0. The molecule has 0 aromatic carbocycles. The molecule has 0 rings (SSSR count). The van der Waals surface area contributed by atoms with Crippen molar-refractivity contribution in [3.8, 4) is 0 Å². The van der Waals surface area contributed by atoms with Crippen molar-refractivity contribution in [2.45, 2.75) is 0 Å². The van der Waals surface area contributed by atoms with Crippen molar-refractivity contribution in [3.05, 3.63) is 0 Å². The number of carbonyl (C=O) groups is 1. The number of carbonyl (C=O) groups excluding carboxylic acids is 1. The SMILES string of the molecule is O=C([O-])[O-].[Ce+3].[Ce+3].[O-2]. The van der Waals surface area contributed by atoms with E-state index in [1.807, 2.05) is 0 Å². The minimum atomic E-state index is -2.33. The number of hydrogen-bond acceptors (Lipinski definition) is 3. The predicted molar refractivity (Wildman–Crippen MR) is 6.08 cm³/mol. The largest absolute Gasteiger partial charge is 3.00 e. The van der Waals surface area contributed by atoms with Crippen LogP contribution in [0.1, 0.15) is 0 Å². The maximum Gasteiger partial charge on any atom is 3.00 e. The Kier molecular flexibility index (Phi) is 51.6. The van der Waals surface area contributed by atoms with Gasteiger partial charge in [0, 0.05) is 0 Å². The summed E-state index contributed by atoms with van der Waals surface area (Å²) in [4.78, 5) is 8.33. The number of carboxylic acid groups (broad SMARTS) is 2. The normalized spacial score (nSPS) is 3.43. The maximum atomic E-state index is 8.33. The Morgan fingerprint density at radius 3 is 1.14 bits per heavy atom. The van der Waals surface area contributed by atoms with Gasteiger partial charge in [-0.2, -0.15) is 0 Å². The molecule has 0 aliphatic carbocycles. The van der Waals surface area contributed by atoms with Crippen molar-refractivity contribution >= 4 is 6.16 Å². The Morgan fingerprint density at radius 1 is 1.14 bits per heavy atom. The van der Waals surface area contributed by atoms with Crippen molar-refractivity contribution in [1.29, 1.82) is 0 Å². The van der Waals surface area contributed by atoms with Crippen molar-refractivity contribution in [2.24, 2.45) is 0 Å². The fourth-order valence-corrected chi connectivity index (χ4v) is 0. The summed E-state index contributed by atoms with van der Waals surface area (Å²) in [5.41, 5.74) is 0. The Hall–Kier alpha value is 1.98. The van der Waals surface area contributed by atoms with Gasteiger partial charge in [-0.3, -0.25) is 0 Å². The molecule has 4 nitrogen and oxygen atoms in total. The van der Waals surface area contributed by atoms with Gasteiger partial charge in [0.15, 0.2) is 0 Å². The van der Waals surface area contributed by atoms with Gasteiger partial charge in [0.25, 0.3) is 0 Å². The fraction of sp³-hybridized carbons (Fsp3) is 0. The van der Waals surface area contributed by atoms with E-state index in [0.717, 1.165) is 0 Å². The van der Waals surface area contributed by atoms with Crippen LogP contribution in [0.3, 0.4) is 0 Å². The first-order chi connectivity index (χ1) is 1.73. The van der Waals surface area contributed by atoms with Crippen LogP contribution in [0.15, 0.2) is 0 Å². The Morgan fingerprint density at radius 2 is 1.14 bits per heavy atom. The van der Waals surface area contributed by atoms with Gasteiger partial charge in [0.1, 0.15) is 0 Å². The van der Waals surface area contributed by atoms with E-state index in [0.29, 0.717) is 0 Å². The van der Waals surface area contributed by atoms with Crippen molar-refractivity contribution in [3.63, 3.8) is 0 Å². The van der Waals surface area contributed by atoms with E-state index in [9.17, 15) is 0 Å². The van der Waals surface area contributed by atoms with Crippen LogP contribution in [0.4, 0.5) is 4.79 Å². The van der Waals surface area contributed by atoms with Crippen LogP contribution in [0.2, 0.25) is 0 Å². The summed E-state index contributed by atoms with van der Waals surface area (Å²) in [5, 5.41) is 16.7. The average Bonchev–Trinajstić information content (AvgIpc) is 0.811. The van der Waals surface area contributed by atoms with E-state index in [1.165, 1.54) is 0 Å². The molecule has 7 heavy (non-hydrogen) atoms. The molecule has 0 saturated heterocycles. The minimum absolute atomic E-state index is 0. The molecule has 6 heteroatoms. The first-order valence-electron chi connectivity index (χ1n) is 0.612. The quantitative estimate of drug-likeness (QED) is 0.478. The molecule has 0 aromatic rings. The molecule has 0 bridgehead atoms. The first kappa shape index (κ1) is 23.1. The molecule has 0 unspecified atom stereocenters. The van der Waals surface area contributed by atoms with Gasteiger partial charge < -0.3 is 20.5 Å². The van der Waals surface area contributed by atoms with Crippen LogP contribution in [0, 0.1) is 83.5 Å². The molecule has 0 aromatic heterocycles. The van der Waals surface area contributed by atoms with Gasteiger partial charge in [0.2, 0.25) is 0 Å². The second-order valence-corrected chi connectivity index (χ2v) is 0.250. The molecule has 0 saturated carbocycles. The monoisotopic (exact) mass is 356 g/mol. The van der Waals surface area contributed by atoms with E-state index in [-0.39, 0.29) is 89.0 Å². The van der Waals surface area contributed by atoms with Crippen LogP contribution in [0.5, 0.6) is 0 Å². The molecular formula is CCe2O4+2. The molecule has 0 amide bonds. The standard InChI is InChI=1S/CH2O3.2Ce.O/c2-1(3)4;;;/h(H2,2,3,4);;;/q;2*+3;-2/p-2. The molecule has 0 aliphatic rings. The molecule has 34 valence electrons. The van der Waals surface area contributed by atoms with E-state index in [1.54, 1.807) is 0 Å². The van der Waals surface area contributed by atoms with Gasteiger partial charge in [-0.25, -0.2) is 0 Å². The molecular weight excluding hydrogens is 356 g/mol. The molecule has 0 N–H and O–H groups in total. The molecule has 0 aliphatic heterocycles. The molecule has 0 spiro atoms. The van der Waals surface area contributed by atoms with Gasteiger partial charge in [-0.15, -0.1) is 0 Å². The summed E-state index contributed by atoms with van der Waals surface area (Å²) in [6.45, 7) is 0. The molecule has 2 radical (unpaired) electrons. The molecule has 0 heterocycles. The van der Waals surface area contributed by atoms with Crippen molar-refractivity contribution in [2.75, 3.05) is 0 Å². The predicted octanol–water partition coefficient (Wildman–Crippen LogP) is -2.57. The van der Waals surface area contributed by atoms with E-state index in [2.05, 4.69) is 0 Å². The Labute approximate surface area is 108 Å². The summed E-state index contributed by atoms with van der Waals surface area (Å²) in [6, 6.07) is 0. The van der Waals surface area contributed by atoms with Crippen molar-refractivity contribution < 1.29 is 104 Å². The van der Waals surface area contributed by atoms with Gasteiger partial charge >= 0.3 is 83.5 Å². The van der Waals surface area contributed by atoms with Crippen LogP contribution >= 0.6 is 0 Å². The smallest absolute Gasteiger partial charge is 2.00 e. The third-order valence-corrected chi connectivity index (χ3v) is 0. The summed E-state index contributed by atoms with van der Waals surface area (Å²) < 4.78 is 0. The first-order valence-corrected chi connectivity index (χ1v) is 0.612. The number of hydrogen-bond donors (Lipinski definition) is 0. The summed E-state index contributed by atoms with van der Waals surface area (Å²) >= 11 is 0. The van der Waals surface area contributed by atoms with Crippen LogP contribution in [-0.2, 0) is 5.48 Å². The summed E-state index contributed by atoms with van der Waals surface area (Å²) in [5.74, 6) is 0. The van der Waals surface area contributed by atoms with Crippen molar-refractivity contribution in [1.82, 2.24) is 0 Å². The fourth-order valence-electron chi connectivity index (χ4n) is 0. The van der Waals surface area contributed by atoms with Gasteiger partial charge in [-0.05, 0) is 6.16 Å². The van der Waals surface area contributed by atoms with Gasteiger partial charge in [-0.1, -0.05) is 0 Å². The minimum Gasteiger partial charge on any atom is -2.00 e. The van der Waals surface area contributed by atoms with E-state index < -0.39 is 6.16 Å². The third kappa shape index (κ3) is 72.7. The molecule has 0 atom stereocenters. The summed E-state index contributed by atoms with van der Waals surface area (Å²) in [6.07, 6.45) is -2.33. The van der Waals surface area contributed by atoms with Gasteiger partial charge in [0.05, 0.1) is 0 Å². The maximum absolute atomic E-state index is 8.33. The van der Waals surface area contributed by atoms with E-state index >= 15 is 0 Å². The average molecular weight is 356 g/mol. The van der Waals surface area contributed by atoms with E-state index in [4.69, 9.17) is 15.0 Å². The Bertz CT molecular complexity index is 32.7. The second kappa shape index (κ2) is 15.7. The zero-order valence-electron chi connectivity index (χ0n) is 3.13. The second-order valence-electron chi connectivity index (χ2n) is 0.250. The summed E-state index contributed by atoms with van der Waals surface area (Å²) in [7, 11) is 0. The zero-order chi connectivity index (χ0) is 3.58. The Balaban J connectivity index is -0.0000000150. The van der Waals surface area contributed by atoms with Crippen LogP contribution in [0.25, 0.3) is 0 Å². The van der Waals surface area contributed by atoms with Crippen LogP contribution in [-0.4, -0.2) is 6.16 Å².